The highest BCUT2D eigenvalue weighted by atomic mass is 16.5. The van der Waals surface area contributed by atoms with Crippen molar-refractivity contribution in [2.75, 3.05) is 0 Å². The first-order valence-corrected chi connectivity index (χ1v) is 4.37. The van der Waals surface area contributed by atoms with E-state index < -0.39 is 17.0 Å². The Labute approximate surface area is 82.6 Å². The summed E-state index contributed by atoms with van der Waals surface area (Å²) >= 11 is 0. The van der Waals surface area contributed by atoms with E-state index in [1.807, 2.05) is 0 Å². The zero-order valence-corrected chi connectivity index (χ0v) is 8.75. The Bertz CT molecular complexity index is 327. The second-order valence-electron chi connectivity index (χ2n) is 3.88. The van der Waals surface area contributed by atoms with Crippen molar-refractivity contribution in [3.8, 4) is 0 Å². The molecule has 14 heavy (non-hydrogen) atoms. The van der Waals surface area contributed by atoms with Crippen LogP contribution in [0.2, 0.25) is 0 Å². The number of hydrogen-bond donors (Lipinski definition) is 1. The van der Waals surface area contributed by atoms with E-state index in [0.29, 0.717) is 5.76 Å². The highest BCUT2D eigenvalue weighted by Crippen LogP contribution is 2.35. The van der Waals surface area contributed by atoms with Crippen LogP contribution >= 0.6 is 0 Å². The van der Waals surface area contributed by atoms with E-state index in [1.165, 1.54) is 26.8 Å². The molecule has 0 saturated heterocycles. The maximum Gasteiger partial charge on any atom is 0.205 e. The third-order valence-electron chi connectivity index (χ3n) is 2.78. The maximum absolute atomic E-state index is 11.5. The Kier molecular flexibility index (Phi) is 2.27. The highest BCUT2D eigenvalue weighted by Gasteiger charge is 2.56. The molecule has 1 rings (SSSR count). The summed E-state index contributed by atoms with van der Waals surface area (Å²) in [6.45, 7) is 5.55. The predicted molar refractivity (Wildman–Crippen MR) is 49.6 cm³/mol. The van der Waals surface area contributed by atoms with E-state index in [9.17, 15) is 14.7 Å². The van der Waals surface area contributed by atoms with Crippen molar-refractivity contribution in [2.45, 2.75) is 38.9 Å². The second kappa shape index (κ2) is 2.92. The topological polar surface area (TPSA) is 63.6 Å². The number of ether oxygens (including phenoxy) is 1. The fourth-order valence-electron chi connectivity index (χ4n) is 1.40. The summed E-state index contributed by atoms with van der Waals surface area (Å²) in [5.74, 6) is -0.453. The van der Waals surface area contributed by atoms with Gasteiger partial charge in [-0.15, -0.1) is 0 Å². The van der Waals surface area contributed by atoms with Gasteiger partial charge >= 0.3 is 0 Å². The summed E-state index contributed by atoms with van der Waals surface area (Å²) in [7, 11) is 0. The Morgan fingerprint density at radius 3 is 2.43 bits per heavy atom. The van der Waals surface area contributed by atoms with Gasteiger partial charge in [0.1, 0.15) is 0 Å². The number of carbonyl (C=O) groups excluding carboxylic acids is 2. The van der Waals surface area contributed by atoms with Crippen LogP contribution in [0.3, 0.4) is 0 Å². The normalized spacial score (nSPS) is 30.6. The van der Waals surface area contributed by atoms with Crippen molar-refractivity contribution in [1.29, 1.82) is 0 Å². The molecule has 0 spiro atoms. The van der Waals surface area contributed by atoms with Crippen LogP contribution in [0, 0.1) is 0 Å². The van der Waals surface area contributed by atoms with Crippen LogP contribution in [-0.2, 0) is 14.3 Å². The van der Waals surface area contributed by atoms with Crippen molar-refractivity contribution in [3.05, 3.63) is 11.8 Å². The van der Waals surface area contributed by atoms with Gasteiger partial charge in [-0.25, -0.2) is 0 Å². The van der Waals surface area contributed by atoms with E-state index in [1.54, 1.807) is 6.92 Å². The molecule has 1 aliphatic rings. The largest absolute Gasteiger partial charge is 0.480 e. The third-order valence-corrected chi connectivity index (χ3v) is 2.78. The molecule has 0 saturated carbocycles. The molecule has 0 aliphatic carbocycles. The standard InChI is InChI=1S/C10H14O4/c1-6-5-8(12)10(4,14-6)9(3,13)7(2)11/h5,13H,1-4H3. The Morgan fingerprint density at radius 1 is 1.64 bits per heavy atom. The minimum Gasteiger partial charge on any atom is -0.480 e. The molecule has 1 aliphatic heterocycles. The van der Waals surface area contributed by atoms with Gasteiger partial charge in [0, 0.05) is 6.08 Å². The van der Waals surface area contributed by atoms with Crippen LogP contribution in [0.15, 0.2) is 11.8 Å². The summed E-state index contributed by atoms with van der Waals surface area (Å²) in [5, 5.41) is 9.91. The molecule has 1 N–H and O–H groups in total. The van der Waals surface area contributed by atoms with Crippen LogP contribution < -0.4 is 0 Å². The zero-order valence-electron chi connectivity index (χ0n) is 8.75. The molecule has 1 heterocycles. The average Bonchev–Trinajstić information content (AvgIpc) is 2.27. The van der Waals surface area contributed by atoms with Gasteiger partial charge in [0.2, 0.25) is 11.4 Å². The predicted octanol–water partition coefficient (Wildman–Crippen LogP) is 0.588. The number of ketones is 2. The Morgan fingerprint density at radius 2 is 2.14 bits per heavy atom. The summed E-state index contributed by atoms with van der Waals surface area (Å²) in [5.41, 5.74) is -3.28. The second-order valence-corrected chi connectivity index (χ2v) is 3.88. The quantitative estimate of drug-likeness (QED) is 0.705. The lowest BCUT2D eigenvalue weighted by Gasteiger charge is -2.35. The van der Waals surface area contributed by atoms with Gasteiger partial charge in [-0.05, 0) is 27.7 Å². The molecule has 0 aromatic heterocycles. The molecule has 2 atom stereocenters. The number of Topliss-reactive ketones (excluding diaryl/α,β-unsaturated/α-hetero) is 1. The lowest BCUT2D eigenvalue weighted by atomic mass is 9.80. The monoisotopic (exact) mass is 198 g/mol. The summed E-state index contributed by atoms with van der Waals surface area (Å²) in [6.07, 6.45) is 1.29. The van der Waals surface area contributed by atoms with Crippen molar-refractivity contribution in [2.24, 2.45) is 0 Å². The van der Waals surface area contributed by atoms with Crippen LogP contribution in [-0.4, -0.2) is 27.9 Å². The van der Waals surface area contributed by atoms with Gasteiger partial charge in [0.05, 0.1) is 5.76 Å². The van der Waals surface area contributed by atoms with Crippen molar-refractivity contribution >= 4 is 11.6 Å². The smallest absolute Gasteiger partial charge is 0.205 e. The fraction of sp³-hybridized carbons (Fsp3) is 0.600. The van der Waals surface area contributed by atoms with E-state index >= 15 is 0 Å². The van der Waals surface area contributed by atoms with Gasteiger partial charge in [-0.3, -0.25) is 9.59 Å². The van der Waals surface area contributed by atoms with E-state index in [0.717, 1.165) is 0 Å². The van der Waals surface area contributed by atoms with Gasteiger partial charge in [0.15, 0.2) is 11.4 Å². The van der Waals surface area contributed by atoms with Gasteiger partial charge in [-0.2, -0.15) is 0 Å². The molecule has 2 unspecified atom stereocenters. The molecule has 0 radical (unpaired) electrons. The van der Waals surface area contributed by atoms with E-state index in [4.69, 9.17) is 4.74 Å². The van der Waals surface area contributed by atoms with Crippen molar-refractivity contribution in [3.63, 3.8) is 0 Å². The third kappa shape index (κ3) is 1.26. The van der Waals surface area contributed by atoms with Crippen LogP contribution in [0.5, 0.6) is 0 Å². The van der Waals surface area contributed by atoms with Crippen molar-refractivity contribution < 1.29 is 19.4 Å². The minimum absolute atomic E-state index is 0.379. The Hall–Kier alpha value is -1.16. The first-order chi connectivity index (χ1) is 6.22. The maximum atomic E-state index is 11.5. The van der Waals surface area contributed by atoms with E-state index in [-0.39, 0.29) is 5.78 Å². The lowest BCUT2D eigenvalue weighted by Crippen LogP contribution is -2.58. The van der Waals surface area contributed by atoms with Crippen LogP contribution in [0.4, 0.5) is 0 Å². The fourth-order valence-corrected chi connectivity index (χ4v) is 1.40. The number of allylic oxidation sites excluding steroid dienone is 1. The number of carbonyl (C=O) groups is 2. The summed E-state index contributed by atoms with van der Waals surface area (Å²) < 4.78 is 5.23. The number of rotatable bonds is 2. The summed E-state index contributed by atoms with van der Waals surface area (Å²) in [6, 6.07) is 0. The molecule has 0 fully saturated rings. The molecule has 0 aromatic rings. The number of hydrogen-bond acceptors (Lipinski definition) is 4. The van der Waals surface area contributed by atoms with Crippen LogP contribution in [0.1, 0.15) is 27.7 Å². The highest BCUT2D eigenvalue weighted by molar-refractivity contribution is 6.05. The molecule has 0 aromatic carbocycles. The van der Waals surface area contributed by atoms with Gasteiger partial charge < -0.3 is 9.84 Å². The van der Waals surface area contributed by atoms with Crippen molar-refractivity contribution in [1.82, 2.24) is 0 Å². The molecule has 4 heteroatoms. The average molecular weight is 198 g/mol. The van der Waals surface area contributed by atoms with E-state index in [2.05, 4.69) is 0 Å². The molecular weight excluding hydrogens is 184 g/mol. The molecule has 4 nitrogen and oxygen atoms in total. The summed E-state index contributed by atoms with van der Waals surface area (Å²) in [4.78, 5) is 22.7. The van der Waals surface area contributed by atoms with Crippen LogP contribution in [0.25, 0.3) is 0 Å². The van der Waals surface area contributed by atoms with Gasteiger partial charge in [-0.1, -0.05) is 0 Å². The Balaban J connectivity index is 3.11. The van der Waals surface area contributed by atoms with Gasteiger partial charge in [0.25, 0.3) is 0 Å². The zero-order chi connectivity index (χ0) is 11.1. The molecular formula is C10H14O4. The molecule has 0 bridgehead atoms. The lowest BCUT2D eigenvalue weighted by molar-refractivity contribution is -0.170. The number of aliphatic hydroxyl groups is 1. The SMILES string of the molecule is CC(=O)C(C)(O)C1(C)OC(C)=CC1=O. The minimum atomic E-state index is -1.79. The first-order valence-electron chi connectivity index (χ1n) is 4.37. The molecule has 0 amide bonds. The molecule has 78 valence electrons. The first kappa shape index (κ1) is 10.9.